The first-order chi connectivity index (χ1) is 9.66. The maximum absolute atomic E-state index is 11.6. The second-order valence-electron chi connectivity index (χ2n) is 5.72. The molecule has 0 saturated carbocycles. The van der Waals surface area contributed by atoms with Gasteiger partial charge in [0.05, 0.1) is 0 Å². The van der Waals surface area contributed by atoms with Gasteiger partial charge in [0.1, 0.15) is 5.78 Å². The number of carbonyl (C=O) groups excluding carboxylic acids is 1. The minimum atomic E-state index is -0.709. The maximum atomic E-state index is 11.6. The Balaban J connectivity index is 3.18. The van der Waals surface area contributed by atoms with Gasteiger partial charge in [0, 0.05) is 19.3 Å². The first-order valence-electron chi connectivity index (χ1n) is 8.40. The van der Waals surface area contributed by atoms with Crippen molar-refractivity contribution in [2.24, 2.45) is 0 Å². The molecule has 0 fully saturated rings. The zero-order chi connectivity index (χ0) is 15.1. The highest BCUT2D eigenvalue weighted by atomic mass is 16.4. The van der Waals surface area contributed by atoms with Crippen molar-refractivity contribution in [3.8, 4) is 0 Å². The van der Waals surface area contributed by atoms with E-state index < -0.39 is 5.97 Å². The topological polar surface area (TPSA) is 54.4 Å². The van der Waals surface area contributed by atoms with Crippen molar-refractivity contribution in [2.45, 2.75) is 96.8 Å². The van der Waals surface area contributed by atoms with Gasteiger partial charge in [0.2, 0.25) is 0 Å². The van der Waals surface area contributed by atoms with E-state index in [1.165, 1.54) is 32.1 Å². The van der Waals surface area contributed by atoms with Crippen LogP contribution in [-0.4, -0.2) is 16.9 Å². The van der Waals surface area contributed by atoms with Crippen LogP contribution in [0.1, 0.15) is 96.8 Å². The predicted octanol–water partition coefficient (Wildman–Crippen LogP) is 5.12. The summed E-state index contributed by atoms with van der Waals surface area (Å²) in [5.41, 5.74) is 0. The summed E-state index contributed by atoms with van der Waals surface area (Å²) in [5.74, 6) is -0.301. The molecule has 0 aromatic heterocycles. The molecule has 0 aromatic carbocycles. The van der Waals surface area contributed by atoms with Gasteiger partial charge in [0.25, 0.3) is 0 Å². The fourth-order valence-corrected chi connectivity index (χ4v) is 2.36. The van der Waals surface area contributed by atoms with Crippen molar-refractivity contribution in [3.63, 3.8) is 0 Å². The normalized spacial score (nSPS) is 10.7. The van der Waals surface area contributed by atoms with Gasteiger partial charge in [0.15, 0.2) is 0 Å². The molecule has 0 heterocycles. The third-order valence-electron chi connectivity index (χ3n) is 3.66. The van der Waals surface area contributed by atoms with Crippen LogP contribution in [0.15, 0.2) is 0 Å². The number of rotatable bonds is 15. The number of ketones is 1. The van der Waals surface area contributed by atoms with E-state index in [1.54, 1.807) is 0 Å². The fraction of sp³-hybridized carbons (Fsp3) is 0.882. The van der Waals surface area contributed by atoms with Crippen LogP contribution < -0.4 is 0 Å². The van der Waals surface area contributed by atoms with Gasteiger partial charge in [-0.15, -0.1) is 0 Å². The van der Waals surface area contributed by atoms with Crippen molar-refractivity contribution < 1.29 is 14.7 Å². The Hall–Kier alpha value is -0.860. The molecule has 0 rings (SSSR count). The highest BCUT2D eigenvalue weighted by Crippen LogP contribution is 2.11. The lowest BCUT2D eigenvalue weighted by Gasteiger charge is -2.02. The molecule has 0 aromatic rings. The Morgan fingerprint density at radius 3 is 1.50 bits per heavy atom. The Kier molecular flexibility index (Phi) is 13.9. The number of carboxylic acids is 1. The summed E-state index contributed by atoms with van der Waals surface area (Å²) in [4.78, 5) is 21.9. The number of unbranched alkanes of at least 4 members (excludes halogenated alkanes) is 9. The average Bonchev–Trinajstić information content (AvgIpc) is 2.41. The lowest BCUT2D eigenvalue weighted by molar-refractivity contribution is -0.137. The summed E-state index contributed by atoms with van der Waals surface area (Å²) in [5, 5.41) is 8.49. The van der Waals surface area contributed by atoms with Gasteiger partial charge in [-0.05, 0) is 19.3 Å². The number of carboxylic acid groups (broad SMARTS) is 1. The molecule has 0 aliphatic carbocycles. The van der Waals surface area contributed by atoms with Crippen LogP contribution in [0.4, 0.5) is 0 Å². The molecule has 0 atom stereocenters. The van der Waals surface area contributed by atoms with Crippen LogP contribution in [0, 0.1) is 0 Å². The summed E-state index contributed by atoms with van der Waals surface area (Å²) < 4.78 is 0. The molecule has 20 heavy (non-hydrogen) atoms. The third kappa shape index (κ3) is 15.2. The lowest BCUT2D eigenvalue weighted by Crippen LogP contribution is -1.98. The molecular weight excluding hydrogens is 252 g/mol. The molecule has 0 saturated heterocycles. The van der Waals surface area contributed by atoms with E-state index in [0.29, 0.717) is 12.2 Å². The van der Waals surface area contributed by atoms with Crippen molar-refractivity contribution in [3.05, 3.63) is 0 Å². The Morgan fingerprint density at radius 1 is 0.650 bits per heavy atom. The Labute approximate surface area is 124 Å². The standard InChI is InChI=1S/C17H32O3/c1-2-3-4-5-7-10-13-16(18)14-11-8-6-9-12-15-17(19)20/h2-15H2,1H3,(H,19,20). The minimum absolute atomic E-state index is 0.275. The zero-order valence-corrected chi connectivity index (χ0v) is 13.2. The molecular formula is C17H32O3. The van der Waals surface area contributed by atoms with E-state index in [2.05, 4.69) is 6.92 Å². The van der Waals surface area contributed by atoms with Crippen molar-refractivity contribution in [1.29, 1.82) is 0 Å². The third-order valence-corrected chi connectivity index (χ3v) is 3.66. The van der Waals surface area contributed by atoms with Gasteiger partial charge in [-0.2, -0.15) is 0 Å². The van der Waals surface area contributed by atoms with E-state index in [-0.39, 0.29) is 6.42 Å². The van der Waals surface area contributed by atoms with E-state index in [1.807, 2.05) is 0 Å². The number of carbonyl (C=O) groups is 2. The van der Waals surface area contributed by atoms with Gasteiger partial charge in [-0.1, -0.05) is 58.3 Å². The largest absolute Gasteiger partial charge is 0.481 e. The number of hydrogen-bond acceptors (Lipinski definition) is 2. The molecule has 0 aliphatic heterocycles. The summed E-state index contributed by atoms with van der Waals surface area (Å²) >= 11 is 0. The summed E-state index contributed by atoms with van der Waals surface area (Å²) in [6.45, 7) is 2.21. The van der Waals surface area contributed by atoms with Crippen LogP contribution in [0.25, 0.3) is 0 Å². The zero-order valence-electron chi connectivity index (χ0n) is 13.2. The minimum Gasteiger partial charge on any atom is -0.481 e. The smallest absolute Gasteiger partial charge is 0.303 e. The molecule has 118 valence electrons. The predicted molar refractivity (Wildman–Crippen MR) is 83.0 cm³/mol. The summed E-state index contributed by atoms with van der Waals surface area (Å²) in [6, 6.07) is 0. The van der Waals surface area contributed by atoms with E-state index in [9.17, 15) is 9.59 Å². The van der Waals surface area contributed by atoms with Crippen LogP contribution >= 0.6 is 0 Å². The highest BCUT2D eigenvalue weighted by Gasteiger charge is 2.02. The molecule has 3 nitrogen and oxygen atoms in total. The van der Waals surface area contributed by atoms with Crippen LogP contribution in [0.5, 0.6) is 0 Å². The van der Waals surface area contributed by atoms with Crippen LogP contribution in [-0.2, 0) is 9.59 Å². The number of hydrogen-bond donors (Lipinski definition) is 1. The quantitative estimate of drug-likeness (QED) is 0.424. The molecule has 0 bridgehead atoms. The second-order valence-corrected chi connectivity index (χ2v) is 5.72. The highest BCUT2D eigenvalue weighted by molar-refractivity contribution is 5.78. The lowest BCUT2D eigenvalue weighted by atomic mass is 10.0. The first kappa shape index (κ1) is 19.1. The van der Waals surface area contributed by atoms with E-state index in [4.69, 9.17) is 5.11 Å². The first-order valence-corrected chi connectivity index (χ1v) is 8.40. The SMILES string of the molecule is CCCCCCCCC(=O)CCCCCCCC(=O)O. The van der Waals surface area contributed by atoms with Crippen molar-refractivity contribution >= 4 is 11.8 Å². The van der Waals surface area contributed by atoms with Crippen molar-refractivity contribution in [1.82, 2.24) is 0 Å². The summed E-state index contributed by atoms with van der Waals surface area (Å²) in [7, 11) is 0. The van der Waals surface area contributed by atoms with Crippen LogP contribution in [0.3, 0.4) is 0 Å². The number of Topliss-reactive ketones (excluding diaryl/α,β-unsaturated/α-hetero) is 1. The Morgan fingerprint density at radius 2 is 1.05 bits per heavy atom. The van der Waals surface area contributed by atoms with E-state index in [0.717, 1.165) is 44.9 Å². The molecule has 0 spiro atoms. The molecule has 3 heteroatoms. The molecule has 0 aliphatic rings. The molecule has 0 unspecified atom stereocenters. The van der Waals surface area contributed by atoms with E-state index >= 15 is 0 Å². The molecule has 0 amide bonds. The van der Waals surface area contributed by atoms with Gasteiger partial charge < -0.3 is 5.11 Å². The number of aliphatic carboxylic acids is 1. The fourth-order valence-electron chi connectivity index (χ4n) is 2.36. The Bertz CT molecular complexity index is 249. The van der Waals surface area contributed by atoms with Gasteiger partial charge in [-0.25, -0.2) is 0 Å². The van der Waals surface area contributed by atoms with Crippen LogP contribution in [0.2, 0.25) is 0 Å². The maximum Gasteiger partial charge on any atom is 0.303 e. The second kappa shape index (κ2) is 14.5. The average molecular weight is 284 g/mol. The molecule has 0 radical (unpaired) electrons. The monoisotopic (exact) mass is 284 g/mol. The molecule has 1 N–H and O–H groups in total. The summed E-state index contributed by atoms with van der Waals surface area (Å²) in [6.07, 6.45) is 14.0. The van der Waals surface area contributed by atoms with Gasteiger partial charge in [-0.3, -0.25) is 9.59 Å². The van der Waals surface area contributed by atoms with Crippen molar-refractivity contribution in [2.75, 3.05) is 0 Å². The van der Waals surface area contributed by atoms with Gasteiger partial charge >= 0.3 is 5.97 Å².